The average molecular weight is 228 g/mol. The third-order valence-corrected chi connectivity index (χ3v) is 2.16. The van der Waals surface area contributed by atoms with Gasteiger partial charge in [0.2, 0.25) is 0 Å². The van der Waals surface area contributed by atoms with E-state index in [9.17, 15) is 4.79 Å². The molecule has 0 fully saturated rings. The number of amides is 1. The second-order valence-corrected chi connectivity index (χ2v) is 3.36. The summed E-state index contributed by atoms with van der Waals surface area (Å²) in [5.74, 6) is -0.471. The zero-order valence-electron chi connectivity index (χ0n) is 9.03. The lowest BCUT2D eigenvalue weighted by molar-refractivity contribution is 0.0799. The molecule has 0 radical (unpaired) electrons. The molecule has 0 aliphatic rings. The van der Waals surface area contributed by atoms with Gasteiger partial charge >= 0.3 is 0 Å². The van der Waals surface area contributed by atoms with Gasteiger partial charge < -0.3 is 21.3 Å². The first-order chi connectivity index (χ1) is 7.60. The van der Waals surface area contributed by atoms with Gasteiger partial charge in [-0.15, -0.1) is 0 Å². The standard InChI is InChI=1S/C9H16N4O3/c1-2-6-7(10)8(13-12-6)9(16)11-3-5(15)4-14/h5,14-15H,2-4,10H2,1H3,(H,11,16)(H,12,13). The summed E-state index contributed by atoms with van der Waals surface area (Å²) in [7, 11) is 0. The number of rotatable bonds is 5. The first-order valence-corrected chi connectivity index (χ1v) is 5.00. The van der Waals surface area contributed by atoms with E-state index in [1.54, 1.807) is 0 Å². The molecular formula is C9H16N4O3. The predicted octanol–water partition coefficient (Wildman–Crippen LogP) is -1.36. The number of hydrogen-bond donors (Lipinski definition) is 5. The minimum absolute atomic E-state index is 0.0386. The van der Waals surface area contributed by atoms with Gasteiger partial charge in [-0.2, -0.15) is 5.10 Å². The highest BCUT2D eigenvalue weighted by atomic mass is 16.3. The summed E-state index contributed by atoms with van der Waals surface area (Å²) < 4.78 is 0. The zero-order valence-corrected chi connectivity index (χ0v) is 9.03. The maximum absolute atomic E-state index is 11.5. The number of carbonyl (C=O) groups excluding carboxylic acids is 1. The van der Waals surface area contributed by atoms with Crippen LogP contribution >= 0.6 is 0 Å². The number of aliphatic hydroxyl groups is 2. The van der Waals surface area contributed by atoms with Crippen LogP contribution in [0.25, 0.3) is 0 Å². The number of nitrogens with two attached hydrogens (primary N) is 1. The van der Waals surface area contributed by atoms with E-state index >= 15 is 0 Å². The molecule has 16 heavy (non-hydrogen) atoms. The number of nitrogens with one attached hydrogen (secondary N) is 2. The molecule has 1 rings (SSSR count). The lowest BCUT2D eigenvalue weighted by atomic mass is 10.2. The van der Waals surface area contributed by atoms with Crippen LogP contribution < -0.4 is 11.1 Å². The Bertz CT molecular complexity index is 364. The number of aryl methyl sites for hydroxylation is 1. The Balaban J connectivity index is 2.63. The number of hydrogen-bond acceptors (Lipinski definition) is 5. The Kier molecular flexibility index (Phi) is 4.27. The van der Waals surface area contributed by atoms with Crippen LogP contribution in [0.4, 0.5) is 5.69 Å². The van der Waals surface area contributed by atoms with Crippen LogP contribution in [-0.2, 0) is 6.42 Å². The first kappa shape index (κ1) is 12.5. The van der Waals surface area contributed by atoms with Gasteiger partial charge in [-0.3, -0.25) is 9.89 Å². The van der Waals surface area contributed by atoms with Crippen LogP contribution in [0, 0.1) is 0 Å². The molecular weight excluding hydrogens is 212 g/mol. The molecule has 1 heterocycles. The van der Waals surface area contributed by atoms with E-state index in [1.807, 2.05) is 6.92 Å². The normalized spacial score (nSPS) is 12.4. The van der Waals surface area contributed by atoms with E-state index in [0.717, 1.165) is 0 Å². The van der Waals surface area contributed by atoms with E-state index < -0.39 is 18.6 Å². The van der Waals surface area contributed by atoms with Crippen molar-refractivity contribution in [2.24, 2.45) is 0 Å². The monoisotopic (exact) mass is 228 g/mol. The highest BCUT2D eigenvalue weighted by molar-refractivity contribution is 5.97. The fourth-order valence-electron chi connectivity index (χ4n) is 1.19. The van der Waals surface area contributed by atoms with Crippen LogP contribution in [0.5, 0.6) is 0 Å². The Morgan fingerprint density at radius 1 is 1.69 bits per heavy atom. The topological polar surface area (TPSA) is 124 Å². The van der Waals surface area contributed by atoms with Crippen molar-refractivity contribution in [3.63, 3.8) is 0 Å². The van der Waals surface area contributed by atoms with Crippen molar-refractivity contribution in [1.29, 1.82) is 0 Å². The minimum atomic E-state index is -0.977. The summed E-state index contributed by atoms with van der Waals surface area (Å²) in [5.41, 5.74) is 6.82. The quantitative estimate of drug-likeness (QED) is 0.425. The molecule has 1 unspecified atom stereocenters. The fraction of sp³-hybridized carbons (Fsp3) is 0.556. The minimum Gasteiger partial charge on any atom is -0.395 e. The Morgan fingerprint density at radius 2 is 2.38 bits per heavy atom. The van der Waals surface area contributed by atoms with Crippen LogP contribution in [0.2, 0.25) is 0 Å². The summed E-state index contributed by atoms with van der Waals surface area (Å²) in [6, 6.07) is 0. The van der Waals surface area contributed by atoms with E-state index in [0.29, 0.717) is 17.8 Å². The summed E-state index contributed by atoms with van der Waals surface area (Å²) in [6.45, 7) is 1.45. The molecule has 0 bridgehead atoms. The number of anilines is 1. The smallest absolute Gasteiger partial charge is 0.274 e. The summed E-state index contributed by atoms with van der Waals surface area (Å²) in [5, 5.41) is 26.5. The summed E-state index contributed by atoms with van der Waals surface area (Å²) in [4.78, 5) is 11.5. The number of aliphatic hydroxyl groups excluding tert-OH is 2. The molecule has 7 heteroatoms. The van der Waals surface area contributed by atoms with Gasteiger partial charge in [-0.1, -0.05) is 6.92 Å². The average Bonchev–Trinajstić information content (AvgIpc) is 2.66. The van der Waals surface area contributed by atoms with Crippen molar-refractivity contribution in [2.45, 2.75) is 19.4 Å². The van der Waals surface area contributed by atoms with E-state index in [-0.39, 0.29) is 12.2 Å². The van der Waals surface area contributed by atoms with Crippen molar-refractivity contribution in [2.75, 3.05) is 18.9 Å². The van der Waals surface area contributed by atoms with Gasteiger partial charge in [0.15, 0.2) is 5.69 Å². The summed E-state index contributed by atoms with van der Waals surface area (Å²) >= 11 is 0. The SMILES string of the molecule is CCc1[nH]nc(C(=O)NCC(O)CO)c1N. The van der Waals surface area contributed by atoms with Crippen molar-refractivity contribution < 1.29 is 15.0 Å². The molecule has 1 atom stereocenters. The fourth-order valence-corrected chi connectivity index (χ4v) is 1.19. The van der Waals surface area contributed by atoms with Crippen molar-refractivity contribution >= 4 is 11.6 Å². The van der Waals surface area contributed by atoms with Crippen molar-refractivity contribution in [3.8, 4) is 0 Å². The Hall–Kier alpha value is -1.60. The third kappa shape index (κ3) is 2.71. The third-order valence-electron chi connectivity index (χ3n) is 2.16. The van der Waals surface area contributed by atoms with Gasteiger partial charge in [0.05, 0.1) is 24.1 Å². The molecule has 7 nitrogen and oxygen atoms in total. The molecule has 0 saturated carbocycles. The predicted molar refractivity (Wildman–Crippen MR) is 57.8 cm³/mol. The van der Waals surface area contributed by atoms with E-state index in [2.05, 4.69) is 15.5 Å². The highest BCUT2D eigenvalue weighted by Crippen LogP contribution is 2.13. The molecule has 0 aliphatic heterocycles. The van der Waals surface area contributed by atoms with Crippen LogP contribution in [0.15, 0.2) is 0 Å². The molecule has 0 aliphatic carbocycles. The largest absolute Gasteiger partial charge is 0.395 e. The number of nitrogens with zero attached hydrogens (tertiary/aromatic N) is 1. The van der Waals surface area contributed by atoms with Crippen LogP contribution in [0.3, 0.4) is 0 Å². The highest BCUT2D eigenvalue weighted by Gasteiger charge is 2.16. The van der Waals surface area contributed by atoms with Crippen LogP contribution in [-0.4, -0.2) is 45.6 Å². The lowest BCUT2D eigenvalue weighted by Crippen LogP contribution is -2.34. The summed E-state index contributed by atoms with van der Waals surface area (Å²) in [6.07, 6.45) is -0.319. The first-order valence-electron chi connectivity index (χ1n) is 5.00. The van der Waals surface area contributed by atoms with Crippen LogP contribution in [0.1, 0.15) is 23.1 Å². The second-order valence-electron chi connectivity index (χ2n) is 3.36. The van der Waals surface area contributed by atoms with Gasteiger partial charge in [-0.25, -0.2) is 0 Å². The number of H-pyrrole nitrogens is 1. The number of aromatic nitrogens is 2. The second kappa shape index (κ2) is 5.47. The Labute approximate surface area is 92.7 Å². The molecule has 1 amide bonds. The maximum Gasteiger partial charge on any atom is 0.274 e. The van der Waals surface area contributed by atoms with Gasteiger partial charge in [-0.05, 0) is 6.42 Å². The molecule has 1 aromatic rings. The van der Waals surface area contributed by atoms with Crippen molar-refractivity contribution in [1.82, 2.24) is 15.5 Å². The Morgan fingerprint density at radius 3 is 2.88 bits per heavy atom. The molecule has 0 aromatic carbocycles. The lowest BCUT2D eigenvalue weighted by Gasteiger charge is -2.07. The molecule has 0 saturated heterocycles. The van der Waals surface area contributed by atoms with Gasteiger partial charge in [0, 0.05) is 6.54 Å². The number of nitrogen functional groups attached to an aromatic ring is 1. The molecule has 6 N–H and O–H groups in total. The molecule has 0 spiro atoms. The van der Waals surface area contributed by atoms with Gasteiger partial charge in [0.25, 0.3) is 5.91 Å². The zero-order chi connectivity index (χ0) is 12.1. The van der Waals surface area contributed by atoms with Crippen molar-refractivity contribution in [3.05, 3.63) is 11.4 Å². The van der Waals surface area contributed by atoms with E-state index in [4.69, 9.17) is 15.9 Å². The molecule has 90 valence electrons. The van der Waals surface area contributed by atoms with Gasteiger partial charge in [0.1, 0.15) is 0 Å². The molecule has 1 aromatic heterocycles. The van der Waals surface area contributed by atoms with E-state index in [1.165, 1.54) is 0 Å². The maximum atomic E-state index is 11.5. The number of aromatic amines is 1. The number of carbonyl (C=O) groups is 1.